The van der Waals surface area contributed by atoms with E-state index in [0.29, 0.717) is 12.8 Å². The lowest BCUT2D eigenvalue weighted by atomic mass is 9.69. The molecule has 0 aromatic heterocycles. The minimum Gasteiger partial charge on any atom is -0.341 e. The Balaban J connectivity index is 2.07. The van der Waals surface area contributed by atoms with Crippen molar-refractivity contribution in [2.24, 2.45) is 5.41 Å². The van der Waals surface area contributed by atoms with Crippen molar-refractivity contribution in [3.63, 3.8) is 0 Å². The first kappa shape index (κ1) is 11.2. The molecular formula is C10H11F3N2O. The summed E-state index contributed by atoms with van der Waals surface area (Å²) < 4.78 is 37.7. The summed E-state index contributed by atoms with van der Waals surface area (Å²) in [5.41, 5.74) is -3.26. The summed E-state index contributed by atoms with van der Waals surface area (Å²) in [5, 5.41) is 10.8. The summed E-state index contributed by atoms with van der Waals surface area (Å²) in [6.07, 6.45) is -3.12. The number of rotatable bonds is 2. The van der Waals surface area contributed by atoms with E-state index in [1.54, 1.807) is 0 Å². The third-order valence-corrected chi connectivity index (χ3v) is 3.50. The maximum Gasteiger partial charge on any atom is 0.411 e. The lowest BCUT2D eigenvalue weighted by Crippen LogP contribution is -2.54. The number of nitriles is 1. The molecule has 0 unspecified atom stereocenters. The smallest absolute Gasteiger partial charge is 0.341 e. The van der Waals surface area contributed by atoms with Gasteiger partial charge in [0.2, 0.25) is 5.91 Å². The van der Waals surface area contributed by atoms with Crippen LogP contribution in [0.5, 0.6) is 0 Å². The standard InChI is InChI=1S/C10H11F3N2O/c11-10(12,13)9(4-5-9)15-7(16)8(6-14)2-1-3-8/h1-5H2,(H,15,16). The van der Waals surface area contributed by atoms with Gasteiger partial charge in [-0.15, -0.1) is 0 Å². The Bertz CT molecular complexity index is 361. The maximum absolute atomic E-state index is 12.6. The zero-order valence-corrected chi connectivity index (χ0v) is 8.52. The Morgan fingerprint density at radius 3 is 2.06 bits per heavy atom. The Morgan fingerprint density at radius 2 is 1.81 bits per heavy atom. The number of hydrogen-bond acceptors (Lipinski definition) is 2. The van der Waals surface area contributed by atoms with Gasteiger partial charge in [0.15, 0.2) is 0 Å². The highest BCUT2D eigenvalue weighted by Crippen LogP contribution is 2.50. The molecule has 2 aliphatic rings. The molecule has 16 heavy (non-hydrogen) atoms. The summed E-state index contributed by atoms with van der Waals surface area (Å²) >= 11 is 0. The molecule has 0 aromatic carbocycles. The van der Waals surface area contributed by atoms with Crippen LogP contribution in [0.2, 0.25) is 0 Å². The zero-order chi connectivity index (χ0) is 12.0. The summed E-state index contributed by atoms with van der Waals surface area (Å²) in [5.74, 6) is -0.754. The highest BCUT2D eigenvalue weighted by atomic mass is 19.4. The van der Waals surface area contributed by atoms with Crippen molar-refractivity contribution in [3.8, 4) is 6.07 Å². The third kappa shape index (κ3) is 1.46. The van der Waals surface area contributed by atoms with Crippen molar-refractivity contribution >= 4 is 5.91 Å². The zero-order valence-electron chi connectivity index (χ0n) is 8.52. The number of halogens is 3. The first-order valence-electron chi connectivity index (χ1n) is 5.16. The van der Waals surface area contributed by atoms with Gasteiger partial charge in [0.1, 0.15) is 11.0 Å². The monoisotopic (exact) mass is 232 g/mol. The van der Waals surface area contributed by atoms with Crippen LogP contribution in [0, 0.1) is 16.7 Å². The summed E-state index contributed by atoms with van der Waals surface area (Å²) in [6, 6.07) is 1.84. The second kappa shape index (κ2) is 3.12. The topological polar surface area (TPSA) is 52.9 Å². The minimum absolute atomic E-state index is 0.0796. The van der Waals surface area contributed by atoms with E-state index >= 15 is 0 Å². The molecule has 3 nitrogen and oxygen atoms in total. The van der Waals surface area contributed by atoms with Crippen LogP contribution in [0.1, 0.15) is 32.1 Å². The molecule has 0 aliphatic heterocycles. The van der Waals surface area contributed by atoms with Gasteiger partial charge in [0.05, 0.1) is 6.07 Å². The number of nitrogens with one attached hydrogen (secondary N) is 1. The Kier molecular flexibility index (Phi) is 2.19. The number of carbonyl (C=O) groups is 1. The second-order valence-electron chi connectivity index (χ2n) is 4.58. The van der Waals surface area contributed by atoms with E-state index in [9.17, 15) is 18.0 Å². The molecule has 88 valence electrons. The fourth-order valence-electron chi connectivity index (χ4n) is 1.86. The van der Waals surface area contributed by atoms with Crippen molar-refractivity contribution in [2.45, 2.75) is 43.8 Å². The van der Waals surface area contributed by atoms with Gasteiger partial charge in [0.25, 0.3) is 0 Å². The first-order chi connectivity index (χ1) is 7.35. The van der Waals surface area contributed by atoms with Crippen LogP contribution >= 0.6 is 0 Å². The summed E-state index contributed by atoms with van der Waals surface area (Å²) in [6.45, 7) is 0. The summed E-state index contributed by atoms with van der Waals surface area (Å²) in [7, 11) is 0. The Morgan fingerprint density at radius 1 is 1.25 bits per heavy atom. The van der Waals surface area contributed by atoms with Crippen molar-refractivity contribution in [2.75, 3.05) is 0 Å². The van der Waals surface area contributed by atoms with Gasteiger partial charge < -0.3 is 5.32 Å². The van der Waals surface area contributed by atoms with Gasteiger partial charge in [-0.2, -0.15) is 18.4 Å². The molecule has 0 heterocycles. The SMILES string of the molecule is N#CC1(C(=O)NC2(C(F)(F)F)CC2)CCC1. The van der Waals surface area contributed by atoms with Crippen LogP contribution in [-0.4, -0.2) is 17.6 Å². The van der Waals surface area contributed by atoms with E-state index in [-0.39, 0.29) is 12.8 Å². The molecule has 1 N–H and O–H groups in total. The molecule has 2 rings (SSSR count). The lowest BCUT2D eigenvalue weighted by Gasteiger charge is -2.35. The normalized spacial score (nSPS) is 25.1. The Hall–Kier alpha value is -1.25. The van der Waals surface area contributed by atoms with Crippen molar-refractivity contribution in [1.82, 2.24) is 5.32 Å². The number of nitrogens with zero attached hydrogens (tertiary/aromatic N) is 1. The number of hydrogen-bond donors (Lipinski definition) is 1. The number of carbonyl (C=O) groups excluding carboxylic acids is 1. The lowest BCUT2D eigenvalue weighted by molar-refractivity contribution is -0.173. The highest BCUT2D eigenvalue weighted by Gasteiger charge is 2.65. The molecule has 0 atom stereocenters. The largest absolute Gasteiger partial charge is 0.411 e. The fourth-order valence-corrected chi connectivity index (χ4v) is 1.86. The van der Waals surface area contributed by atoms with E-state index in [1.807, 2.05) is 11.4 Å². The van der Waals surface area contributed by atoms with Gasteiger partial charge in [-0.3, -0.25) is 4.79 Å². The quantitative estimate of drug-likeness (QED) is 0.790. The minimum atomic E-state index is -4.41. The van der Waals surface area contributed by atoms with E-state index in [0.717, 1.165) is 6.42 Å². The van der Waals surface area contributed by atoms with Gasteiger partial charge >= 0.3 is 6.18 Å². The van der Waals surface area contributed by atoms with E-state index in [1.165, 1.54) is 0 Å². The average Bonchev–Trinajstić information content (AvgIpc) is 2.82. The van der Waals surface area contributed by atoms with Crippen LogP contribution in [0.25, 0.3) is 0 Å². The molecule has 0 spiro atoms. The van der Waals surface area contributed by atoms with Crippen molar-refractivity contribution in [3.05, 3.63) is 0 Å². The van der Waals surface area contributed by atoms with Crippen LogP contribution in [0.4, 0.5) is 13.2 Å². The highest BCUT2D eigenvalue weighted by molar-refractivity contribution is 5.87. The molecule has 2 fully saturated rings. The van der Waals surface area contributed by atoms with Gasteiger partial charge in [0, 0.05) is 0 Å². The molecular weight excluding hydrogens is 221 g/mol. The van der Waals surface area contributed by atoms with Crippen molar-refractivity contribution in [1.29, 1.82) is 5.26 Å². The second-order valence-corrected chi connectivity index (χ2v) is 4.58. The van der Waals surface area contributed by atoms with Crippen LogP contribution in [-0.2, 0) is 4.79 Å². The number of alkyl halides is 3. The third-order valence-electron chi connectivity index (χ3n) is 3.50. The number of amides is 1. The van der Waals surface area contributed by atoms with Crippen LogP contribution < -0.4 is 5.32 Å². The fraction of sp³-hybridized carbons (Fsp3) is 0.800. The molecule has 0 radical (unpaired) electrons. The van der Waals surface area contributed by atoms with Crippen molar-refractivity contribution < 1.29 is 18.0 Å². The molecule has 6 heteroatoms. The summed E-state index contributed by atoms with van der Waals surface area (Å²) in [4.78, 5) is 11.6. The van der Waals surface area contributed by atoms with Crippen LogP contribution in [0.3, 0.4) is 0 Å². The molecule has 0 aromatic rings. The van der Waals surface area contributed by atoms with E-state index < -0.39 is 23.0 Å². The predicted octanol–water partition coefficient (Wildman–Crippen LogP) is 1.89. The molecule has 0 saturated heterocycles. The molecule has 2 aliphatic carbocycles. The molecule has 1 amide bonds. The average molecular weight is 232 g/mol. The van der Waals surface area contributed by atoms with Gasteiger partial charge in [-0.1, -0.05) is 0 Å². The molecule has 2 saturated carbocycles. The van der Waals surface area contributed by atoms with Gasteiger partial charge in [-0.05, 0) is 32.1 Å². The predicted molar refractivity (Wildman–Crippen MR) is 48.1 cm³/mol. The van der Waals surface area contributed by atoms with E-state index in [2.05, 4.69) is 0 Å². The first-order valence-corrected chi connectivity index (χ1v) is 5.16. The van der Waals surface area contributed by atoms with E-state index in [4.69, 9.17) is 5.26 Å². The molecule has 0 bridgehead atoms. The van der Waals surface area contributed by atoms with Gasteiger partial charge in [-0.25, -0.2) is 0 Å². The van der Waals surface area contributed by atoms with Crippen LogP contribution in [0.15, 0.2) is 0 Å². The maximum atomic E-state index is 12.6. The Labute approximate surface area is 90.6 Å².